The summed E-state index contributed by atoms with van der Waals surface area (Å²) in [4.78, 5) is 42.1. The molecule has 0 fully saturated rings. The van der Waals surface area contributed by atoms with Crippen LogP contribution in [0.1, 0.15) is 53.5 Å². The van der Waals surface area contributed by atoms with Crippen molar-refractivity contribution in [2.75, 3.05) is 18.1 Å². The fourth-order valence-corrected chi connectivity index (χ4v) is 5.59. The van der Waals surface area contributed by atoms with Gasteiger partial charge < -0.3 is 9.64 Å². The van der Waals surface area contributed by atoms with E-state index in [-0.39, 0.29) is 23.9 Å². The van der Waals surface area contributed by atoms with Crippen LogP contribution in [0.25, 0.3) is 10.2 Å². The standard InChI is InChI=1S/C22H22N4O4S/c1-3-25-15-10-13(8-9-16(15)30-11-18(25)27)20(28)12(2)26-22(29)19-14-6-4-5-7-17(14)31-21(19)23-24-26/h8-10,12H,3-7,11H2,1-2H3. The minimum atomic E-state index is -0.822. The number of amides is 1. The lowest BCUT2D eigenvalue weighted by molar-refractivity contribution is -0.121. The lowest BCUT2D eigenvalue weighted by Crippen LogP contribution is -2.38. The SMILES string of the molecule is CCN1C(=O)COc2ccc(C(=O)C(C)n3nnc4sc5c(c4c3=O)CCCC5)cc21. The normalized spacial score (nSPS) is 16.6. The second-order valence-corrected chi connectivity index (χ2v) is 8.96. The van der Waals surface area contributed by atoms with E-state index in [0.717, 1.165) is 31.2 Å². The molecule has 0 N–H and O–H groups in total. The molecule has 0 spiro atoms. The number of rotatable bonds is 4. The number of aryl methyl sites for hydroxylation is 2. The van der Waals surface area contributed by atoms with Crippen molar-refractivity contribution in [3.8, 4) is 5.75 Å². The molecular weight excluding hydrogens is 416 g/mol. The van der Waals surface area contributed by atoms with Gasteiger partial charge in [0, 0.05) is 17.0 Å². The summed E-state index contributed by atoms with van der Waals surface area (Å²) < 4.78 is 6.67. The zero-order valence-electron chi connectivity index (χ0n) is 17.4. The van der Waals surface area contributed by atoms with E-state index in [1.165, 1.54) is 20.9 Å². The van der Waals surface area contributed by atoms with E-state index in [1.807, 2.05) is 6.92 Å². The number of likely N-dealkylation sites (N-methyl/N-ethyl adjacent to an activating group) is 1. The van der Waals surface area contributed by atoms with E-state index in [9.17, 15) is 14.4 Å². The summed E-state index contributed by atoms with van der Waals surface area (Å²) in [5, 5.41) is 8.94. The van der Waals surface area contributed by atoms with Crippen LogP contribution in [0.5, 0.6) is 5.75 Å². The van der Waals surface area contributed by atoms with Crippen LogP contribution in [0.3, 0.4) is 0 Å². The van der Waals surface area contributed by atoms with E-state index >= 15 is 0 Å². The highest BCUT2D eigenvalue weighted by Gasteiger charge is 2.28. The average Bonchev–Trinajstić information content (AvgIpc) is 3.17. The molecule has 1 atom stereocenters. The number of anilines is 1. The molecule has 0 saturated heterocycles. The first-order valence-corrected chi connectivity index (χ1v) is 11.3. The Balaban J connectivity index is 1.53. The van der Waals surface area contributed by atoms with Gasteiger partial charge in [-0.15, -0.1) is 16.4 Å². The fourth-order valence-electron chi connectivity index (χ4n) is 4.39. The Kier molecular flexibility index (Phi) is 4.85. The molecule has 1 aromatic carbocycles. The Labute approximate surface area is 182 Å². The summed E-state index contributed by atoms with van der Waals surface area (Å²) in [5.41, 5.74) is 1.77. The third kappa shape index (κ3) is 3.15. The van der Waals surface area contributed by atoms with Crippen LogP contribution in [-0.2, 0) is 17.6 Å². The first kappa shape index (κ1) is 19.9. The average molecular weight is 439 g/mol. The summed E-state index contributed by atoms with van der Waals surface area (Å²) in [6.45, 7) is 3.99. The Morgan fingerprint density at radius 3 is 2.87 bits per heavy atom. The number of benzene rings is 1. The predicted molar refractivity (Wildman–Crippen MR) is 117 cm³/mol. The smallest absolute Gasteiger partial charge is 0.279 e. The van der Waals surface area contributed by atoms with Crippen molar-refractivity contribution in [1.82, 2.24) is 15.0 Å². The maximum Gasteiger partial charge on any atom is 0.279 e. The summed E-state index contributed by atoms with van der Waals surface area (Å²) in [6, 6.07) is 4.18. The van der Waals surface area contributed by atoms with Gasteiger partial charge in [0.05, 0.1) is 11.1 Å². The maximum absolute atomic E-state index is 13.3. The molecule has 2 aliphatic rings. The fraction of sp³-hybridized carbons (Fsp3) is 0.409. The Bertz CT molecular complexity index is 1280. The van der Waals surface area contributed by atoms with Gasteiger partial charge in [0.25, 0.3) is 11.5 Å². The molecule has 5 rings (SSSR count). The van der Waals surface area contributed by atoms with Crippen LogP contribution in [0, 0.1) is 0 Å². The number of thiophene rings is 1. The molecule has 1 aliphatic carbocycles. The molecular formula is C22H22N4O4S. The van der Waals surface area contributed by atoms with Crippen molar-refractivity contribution in [3.63, 3.8) is 0 Å². The number of aromatic nitrogens is 3. The van der Waals surface area contributed by atoms with Crippen molar-refractivity contribution in [1.29, 1.82) is 0 Å². The van der Waals surface area contributed by atoms with Crippen LogP contribution in [0.15, 0.2) is 23.0 Å². The van der Waals surface area contributed by atoms with Crippen LogP contribution in [-0.4, -0.2) is 39.8 Å². The molecule has 2 aromatic heterocycles. The predicted octanol–water partition coefficient (Wildman–Crippen LogP) is 2.92. The second-order valence-electron chi connectivity index (χ2n) is 7.88. The largest absolute Gasteiger partial charge is 0.482 e. The third-order valence-corrected chi connectivity index (χ3v) is 7.23. The first-order chi connectivity index (χ1) is 15.0. The summed E-state index contributed by atoms with van der Waals surface area (Å²) >= 11 is 1.53. The molecule has 1 unspecified atom stereocenters. The number of hydrogen-bond acceptors (Lipinski definition) is 7. The Hall–Kier alpha value is -3.07. The number of hydrogen-bond donors (Lipinski definition) is 0. The van der Waals surface area contributed by atoms with E-state index in [2.05, 4.69) is 10.3 Å². The Morgan fingerprint density at radius 1 is 1.26 bits per heavy atom. The monoisotopic (exact) mass is 438 g/mol. The number of ketones is 1. The van der Waals surface area contributed by atoms with E-state index in [4.69, 9.17) is 4.74 Å². The van der Waals surface area contributed by atoms with Crippen LogP contribution >= 0.6 is 11.3 Å². The van der Waals surface area contributed by atoms with Gasteiger partial charge in [0.2, 0.25) is 0 Å². The van der Waals surface area contributed by atoms with Crippen molar-refractivity contribution in [2.45, 2.75) is 45.6 Å². The molecule has 0 bridgehead atoms. The summed E-state index contributed by atoms with van der Waals surface area (Å²) in [6.07, 6.45) is 4.01. The summed E-state index contributed by atoms with van der Waals surface area (Å²) in [7, 11) is 0. The molecule has 9 heteroatoms. The molecule has 3 heterocycles. The highest BCUT2D eigenvalue weighted by atomic mass is 32.1. The zero-order chi connectivity index (χ0) is 21.7. The van der Waals surface area contributed by atoms with Crippen molar-refractivity contribution < 1.29 is 14.3 Å². The quantitative estimate of drug-likeness (QED) is 0.582. The van der Waals surface area contributed by atoms with Crippen LogP contribution in [0.2, 0.25) is 0 Å². The molecule has 3 aromatic rings. The van der Waals surface area contributed by atoms with E-state index in [1.54, 1.807) is 30.0 Å². The van der Waals surface area contributed by atoms with E-state index in [0.29, 0.717) is 33.8 Å². The highest BCUT2D eigenvalue weighted by molar-refractivity contribution is 7.18. The summed E-state index contributed by atoms with van der Waals surface area (Å²) in [5.74, 6) is 0.146. The number of ether oxygens (including phenoxy) is 1. The number of fused-ring (bicyclic) bond motifs is 4. The second kappa shape index (κ2) is 7.56. The van der Waals surface area contributed by atoms with Gasteiger partial charge in [0.1, 0.15) is 11.8 Å². The van der Waals surface area contributed by atoms with Gasteiger partial charge in [-0.3, -0.25) is 14.4 Å². The van der Waals surface area contributed by atoms with Gasteiger partial charge in [-0.1, -0.05) is 5.21 Å². The van der Waals surface area contributed by atoms with Crippen LogP contribution in [0.4, 0.5) is 5.69 Å². The van der Waals surface area contributed by atoms with Gasteiger partial charge in [-0.2, -0.15) is 4.68 Å². The zero-order valence-corrected chi connectivity index (χ0v) is 18.2. The molecule has 31 heavy (non-hydrogen) atoms. The van der Waals surface area contributed by atoms with Crippen LogP contribution < -0.4 is 15.2 Å². The van der Waals surface area contributed by atoms with Gasteiger partial charge in [0.15, 0.2) is 17.2 Å². The molecule has 8 nitrogen and oxygen atoms in total. The van der Waals surface area contributed by atoms with Gasteiger partial charge in [-0.05, 0) is 63.3 Å². The minimum Gasteiger partial charge on any atom is -0.482 e. The minimum absolute atomic E-state index is 0.0134. The molecule has 1 amide bonds. The van der Waals surface area contributed by atoms with Gasteiger partial charge >= 0.3 is 0 Å². The van der Waals surface area contributed by atoms with E-state index < -0.39 is 6.04 Å². The Morgan fingerprint density at radius 2 is 2.06 bits per heavy atom. The first-order valence-electron chi connectivity index (χ1n) is 10.5. The molecule has 160 valence electrons. The molecule has 0 saturated carbocycles. The van der Waals surface area contributed by atoms with Crippen molar-refractivity contribution in [2.24, 2.45) is 0 Å². The molecule has 1 aliphatic heterocycles. The van der Waals surface area contributed by atoms with Crippen molar-refractivity contribution >= 4 is 38.9 Å². The molecule has 0 radical (unpaired) electrons. The number of Topliss-reactive ketones (excluding diaryl/α,β-unsaturated/α-hetero) is 1. The lowest BCUT2D eigenvalue weighted by atomic mass is 9.97. The van der Waals surface area contributed by atoms with Crippen molar-refractivity contribution in [3.05, 3.63) is 44.6 Å². The number of carbonyl (C=O) groups is 2. The maximum atomic E-state index is 13.3. The lowest BCUT2D eigenvalue weighted by Gasteiger charge is -2.28. The number of carbonyl (C=O) groups excluding carboxylic acids is 2. The third-order valence-electron chi connectivity index (χ3n) is 6.06. The highest BCUT2D eigenvalue weighted by Crippen LogP contribution is 2.35. The topological polar surface area (TPSA) is 94.4 Å². The van der Waals surface area contributed by atoms with Gasteiger partial charge in [-0.25, -0.2) is 0 Å². The number of nitrogens with zero attached hydrogens (tertiary/aromatic N) is 4.